The number of nitrogens with zero attached hydrogens (tertiary/aromatic N) is 3. The molecule has 1 aromatic carbocycles. The van der Waals surface area contributed by atoms with E-state index in [1.807, 2.05) is 32.0 Å². The van der Waals surface area contributed by atoms with E-state index in [2.05, 4.69) is 26.1 Å². The van der Waals surface area contributed by atoms with Crippen LogP contribution in [0.3, 0.4) is 0 Å². The lowest BCUT2D eigenvalue weighted by molar-refractivity contribution is 0.559. The van der Waals surface area contributed by atoms with Crippen LogP contribution in [0.5, 0.6) is 0 Å². The fourth-order valence-electron chi connectivity index (χ4n) is 1.94. The van der Waals surface area contributed by atoms with E-state index < -0.39 is 10.0 Å². The van der Waals surface area contributed by atoms with E-state index in [0.29, 0.717) is 12.4 Å². The number of nitrogens with two attached hydrogens (primary N) is 1. The molecule has 2 rings (SSSR count). The van der Waals surface area contributed by atoms with Gasteiger partial charge in [0.25, 0.3) is 15.2 Å². The van der Waals surface area contributed by atoms with Crippen LogP contribution in [0.15, 0.2) is 27.8 Å². The third-order valence-corrected chi connectivity index (χ3v) is 4.71. The van der Waals surface area contributed by atoms with E-state index in [9.17, 15) is 8.42 Å². The zero-order chi connectivity index (χ0) is 14.9. The molecule has 20 heavy (non-hydrogen) atoms. The number of sulfonamides is 1. The van der Waals surface area contributed by atoms with Gasteiger partial charge in [-0.05, 0) is 34.8 Å². The second kappa shape index (κ2) is 5.63. The zero-order valence-electron chi connectivity index (χ0n) is 11.2. The van der Waals surface area contributed by atoms with Gasteiger partial charge in [0.05, 0.1) is 0 Å². The fraction of sp³-hybridized carbons (Fsp3) is 0.333. The summed E-state index contributed by atoms with van der Waals surface area (Å²) in [6.45, 7) is 4.38. The van der Waals surface area contributed by atoms with Gasteiger partial charge in [0.15, 0.2) is 5.82 Å². The van der Waals surface area contributed by atoms with Crippen LogP contribution in [0, 0.1) is 6.92 Å². The molecule has 0 radical (unpaired) electrons. The highest BCUT2D eigenvalue weighted by Gasteiger charge is 2.22. The second-order valence-corrected chi connectivity index (χ2v) is 6.69. The number of aromatic nitrogens is 3. The number of hydrogen-bond acceptors (Lipinski definition) is 4. The Hall–Kier alpha value is -1.25. The topological polar surface area (TPSA) is 90.9 Å². The van der Waals surface area contributed by atoms with Gasteiger partial charge in [-0.1, -0.05) is 25.1 Å². The number of rotatable bonds is 4. The maximum absolute atomic E-state index is 11.6. The molecule has 0 saturated carbocycles. The van der Waals surface area contributed by atoms with E-state index in [0.717, 1.165) is 22.0 Å². The first-order chi connectivity index (χ1) is 9.36. The Morgan fingerprint density at radius 3 is 2.65 bits per heavy atom. The van der Waals surface area contributed by atoms with Crippen LogP contribution in [0.25, 0.3) is 11.4 Å². The van der Waals surface area contributed by atoms with Crippen LogP contribution in [0.2, 0.25) is 0 Å². The van der Waals surface area contributed by atoms with Crippen molar-refractivity contribution in [3.8, 4) is 11.4 Å². The van der Waals surface area contributed by atoms with Crippen LogP contribution in [-0.2, 0) is 16.6 Å². The lowest BCUT2D eigenvalue weighted by Crippen LogP contribution is -2.19. The van der Waals surface area contributed by atoms with E-state index in [1.165, 1.54) is 4.57 Å². The van der Waals surface area contributed by atoms with Gasteiger partial charge in [-0.3, -0.25) is 4.57 Å². The zero-order valence-corrected chi connectivity index (χ0v) is 13.6. The molecule has 0 amide bonds. The van der Waals surface area contributed by atoms with Gasteiger partial charge in [0.1, 0.15) is 0 Å². The summed E-state index contributed by atoms with van der Waals surface area (Å²) in [5, 5.41) is 12.7. The molecule has 2 aromatic rings. The molecule has 0 saturated heterocycles. The normalized spacial score (nSPS) is 11.8. The Balaban J connectivity index is 2.69. The summed E-state index contributed by atoms with van der Waals surface area (Å²) >= 11 is 3.50. The Bertz CT molecular complexity index is 740. The summed E-state index contributed by atoms with van der Waals surface area (Å²) in [5.74, 6) is 0.492. The van der Waals surface area contributed by atoms with E-state index in [4.69, 9.17) is 5.14 Å². The number of halogens is 1. The van der Waals surface area contributed by atoms with Crippen molar-refractivity contribution >= 4 is 26.0 Å². The molecule has 2 N–H and O–H groups in total. The molecule has 0 aliphatic rings. The molecule has 8 heteroatoms. The molecule has 108 valence electrons. The number of hydrogen-bond donors (Lipinski definition) is 1. The molecule has 0 aliphatic carbocycles. The Morgan fingerprint density at radius 2 is 2.05 bits per heavy atom. The minimum atomic E-state index is -3.89. The van der Waals surface area contributed by atoms with Crippen LogP contribution >= 0.6 is 15.9 Å². The summed E-state index contributed by atoms with van der Waals surface area (Å²) in [5.41, 5.74) is 1.83. The maximum atomic E-state index is 11.6. The quantitative estimate of drug-likeness (QED) is 0.905. The molecular weight excluding hydrogens is 344 g/mol. The number of primary sulfonamides is 1. The van der Waals surface area contributed by atoms with Crippen LogP contribution in [-0.4, -0.2) is 23.2 Å². The van der Waals surface area contributed by atoms with Crippen molar-refractivity contribution < 1.29 is 8.42 Å². The molecule has 1 aromatic heterocycles. The van der Waals surface area contributed by atoms with Gasteiger partial charge in [0.2, 0.25) is 0 Å². The molecule has 1 heterocycles. The largest absolute Gasteiger partial charge is 0.297 e. The highest BCUT2D eigenvalue weighted by atomic mass is 79.9. The van der Waals surface area contributed by atoms with Crippen molar-refractivity contribution in [1.29, 1.82) is 0 Å². The molecular formula is C12H15BrN4O2S. The predicted octanol–water partition coefficient (Wildman–Crippen LogP) is 2.07. The summed E-state index contributed by atoms with van der Waals surface area (Å²) in [7, 11) is -3.89. The summed E-state index contributed by atoms with van der Waals surface area (Å²) in [4.78, 5) is 0. The first kappa shape index (κ1) is 15.1. The molecule has 0 unspecified atom stereocenters. The van der Waals surface area contributed by atoms with Crippen molar-refractivity contribution in [3.05, 3.63) is 28.2 Å². The molecule has 6 nitrogen and oxygen atoms in total. The van der Waals surface area contributed by atoms with Gasteiger partial charge in [-0.15, -0.1) is 10.2 Å². The maximum Gasteiger partial charge on any atom is 0.273 e. The molecule has 0 bridgehead atoms. The first-order valence-electron chi connectivity index (χ1n) is 6.07. The molecule has 0 spiro atoms. The van der Waals surface area contributed by atoms with Gasteiger partial charge in [-0.2, -0.15) is 0 Å². The molecule has 0 atom stereocenters. The highest BCUT2D eigenvalue weighted by Crippen LogP contribution is 2.30. The van der Waals surface area contributed by atoms with E-state index in [-0.39, 0.29) is 5.16 Å². The minimum Gasteiger partial charge on any atom is -0.297 e. The van der Waals surface area contributed by atoms with Crippen molar-refractivity contribution in [2.24, 2.45) is 5.14 Å². The van der Waals surface area contributed by atoms with Crippen molar-refractivity contribution in [3.63, 3.8) is 0 Å². The minimum absolute atomic E-state index is 0.206. The monoisotopic (exact) mass is 358 g/mol. The Morgan fingerprint density at radius 1 is 1.35 bits per heavy atom. The SMILES string of the molecule is CCCn1c(-c2cccc(C)c2Br)nnc1S(N)(=O)=O. The third-order valence-electron chi connectivity index (χ3n) is 2.85. The highest BCUT2D eigenvalue weighted by molar-refractivity contribution is 9.10. The number of benzene rings is 1. The van der Waals surface area contributed by atoms with Crippen molar-refractivity contribution in [2.75, 3.05) is 0 Å². The standard InChI is InChI=1S/C12H15BrN4O2S/c1-3-7-17-11(15-16-12(17)20(14,18)19)9-6-4-5-8(2)10(9)13/h4-6H,3,7H2,1-2H3,(H2,14,18,19). The van der Waals surface area contributed by atoms with Gasteiger partial charge in [0, 0.05) is 16.6 Å². The van der Waals surface area contributed by atoms with Crippen LogP contribution in [0.1, 0.15) is 18.9 Å². The average Bonchev–Trinajstić information content (AvgIpc) is 2.77. The lowest BCUT2D eigenvalue weighted by Gasteiger charge is -2.10. The van der Waals surface area contributed by atoms with Gasteiger partial charge in [-0.25, -0.2) is 13.6 Å². The smallest absolute Gasteiger partial charge is 0.273 e. The summed E-state index contributed by atoms with van der Waals surface area (Å²) in [6, 6.07) is 5.70. The predicted molar refractivity (Wildman–Crippen MR) is 79.6 cm³/mol. The second-order valence-electron chi connectivity index (χ2n) is 4.44. The lowest BCUT2D eigenvalue weighted by atomic mass is 10.1. The summed E-state index contributed by atoms with van der Waals surface area (Å²) < 4.78 is 25.5. The summed E-state index contributed by atoms with van der Waals surface area (Å²) in [6.07, 6.45) is 0.747. The van der Waals surface area contributed by atoms with Crippen LogP contribution < -0.4 is 5.14 Å². The van der Waals surface area contributed by atoms with Crippen molar-refractivity contribution in [2.45, 2.75) is 32.0 Å². The molecule has 0 aliphatic heterocycles. The van der Waals surface area contributed by atoms with Crippen LogP contribution in [0.4, 0.5) is 0 Å². The van der Waals surface area contributed by atoms with Crippen molar-refractivity contribution in [1.82, 2.24) is 14.8 Å². The Kier molecular flexibility index (Phi) is 4.26. The fourth-order valence-corrected chi connectivity index (χ4v) is 3.02. The Labute approximate surface area is 126 Å². The van der Waals surface area contributed by atoms with Gasteiger partial charge >= 0.3 is 0 Å². The average molecular weight is 359 g/mol. The first-order valence-corrected chi connectivity index (χ1v) is 8.41. The van der Waals surface area contributed by atoms with Gasteiger partial charge < -0.3 is 0 Å². The van der Waals surface area contributed by atoms with E-state index in [1.54, 1.807) is 0 Å². The number of aryl methyl sites for hydroxylation is 1. The third kappa shape index (κ3) is 2.77. The van der Waals surface area contributed by atoms with E-state index >= 15 is 0 Å². The molecule has 0 fully saturated rings.